The van der Waals surface area contributed by atoms with Crippen LogP contribution in [-0.2, 0) is 30.1 Å². The van der Waals surface area contributed by atoms with E-state index in [1.807, 2.05) is 0 Å². The van der Waals surface area contributed by atoms with Crippen LogP contribution in [0.3, 0.4) is 0 Å². The van der Waals surface area contributed by atoms with Gasteiger partial charge in [0.15, 0.2) is 0 Å². The zero-order chi connectivity index (χ0) is 14.2. The van der Waals surface area contributed by atoms with E-state index < -0.39 is 35.8 Å². The van der Waals surface area contributed by atoms with Gasteiger partial charge in [0.05, 0.1) is 21.3 Å². The Balaban J connectivity index is 3.55. The van der Waals surface area contributed by atoms with Crippen LogP contribution in [0.2, 0.25) is 0 Å². The molecule has 0 saturated carbocycles. The van der Waals surface area contributed by atoms with Crippen molar-refractivity contribution in [3.05, 3.63) is 0 Å². The van der Waals surface area contributed by atoms with Gasteiger partial charge in [0, 0.05) is 21.3 Å². The van der Waals surface area contributed by atoms with Crippen LogP contribution in [-0.4, -0.2) is 53.2 Å². The number of hydrogen-bond donors (Lipinski definition) is 2. The van der Waals surface area contributed by atoms with E-state index in [2.05, 4.69) is 0 Å². The summed E-state index contributed by atoms with van der Waals surface area (Å²) in [6.07, 6.45) is 0.350. The molecule has 0 bridgehead atoms. The zero-order valence-corrected chi connectivity index (χ0v) is 13.3. The second-order valence-electron chi connectivity index (χ2n) is 3.18. The molecule has 0 radical (unpaired) electrons. The van der Waals surface area contributed by atoms with E-state index >= 15 is 0 Å². The summed E-state index contributed by atoms with van der Waals surface area (Å²) in [6, 6.07) is 0. The van der Waals surface area contributed by atoms with Gasteiger partial charge in [-0.3, -0.25) is 9.11 Å². The molecular formula is C6H14O7S5. The lowest BCUT2D eigenvalue weighted by molar-refractivity contribution is 0.480. The molecule has 0 aliphatic heterocycles. The second-order valence-corrected chi connectivity index (χ2v) is 11.6. The summed E-state index contributed by atoms with van der Waals surface area (Å²) in [5.41, 5.74) is 0. The largest absolute Gasteiger partial charge is 0.286 e. The van der Waals surface area contributed by atoms with E-state index in [9.17, 15) is 21.0 Å². The molecule has 7 nitrogen and oxygen atoms in total. The molecule has 0 aliphatic carbocycles. The Hall–Kier alpha value is 0.670. The van der Waals surface area contributed by atoms with Crippen molar-refractivity contribution in [2.24, 2.45) is 0 Å². The molecule has 0 spiro atoms. The third kappa shape index (κ3) is 14.7. The van der Waals surface area contributed by atoms with Crippen LogP contribution in [0.25, 0.3) is 0 Å². The normalized spacial score (nSPS) is 14.6. The lowest BCUT2D eigenvalue weighted by atomic mass is 10.6. The summed E-state index contributed by atoms with van der Waals surface area (Å²) in [5, 5.41) is 0. The fourth-order valence-corrected chi connectivity index (χ4v) is 6.68. The van der Waals surface area contributed by atoms with Crippen LogP contribution in [0.15, 0.2) is 0 Å². The maximum Gasteiger partial charge on any atom is 0.264 e. The van der Waals surface area contributed by atoms with Gasteiger partial charge in [0.2, 0.25) is 0 Å². The van der Waals surface area contributed by atoms with E-state index in [1.54, 1.807) is 0 Å². The van der Waals surface area contributed by atoms with Gasteiger partial charge >= 0.3 is 0 Å². The second kappa shape index (κ2) is 8.76. The Morgan fingerprint density at radius 1 is 0.944 bits per heavy atom. The van der Waals surface area contributed by atoms with Crippen LogP contribution in [0.5, 0.6) is 0 Å². The van der Waals surface area contributed by atoms with Gasteiger partial charge in [-0.05, 0) is 12.8 Å². The van der Waals surface area contributed by atoms with Gasteiger partial charge < -0.3 is 0 Å². The summed E-state index contributed by atoms with van der Waals surface area (Å²) in [6.45, 7) is 0. The van der Waals surface area contributed by atoms with Crippen molar-refractivity contribution in [1.29, 1.82) is 0 Å². The fraction of sp³-hybridized carbons (Fsp3) is 1.00. The lowest BCUT2D eigenvalue weighted by Crippen LogP contribution is -2.06. The fourth-order valence-electron chi connectivity index (χ4n) is 0.781. The minimum atomic E-state index is -4.01. The van der Waals surface area contributed by atoms with Crippen molar-refractivity contribution in [2.75, 3.05) is 23.0 Å². The highest BCUT2D eigenvalue weighted by molar-refractivity contribution is 9.05. The Morgan fingerprint density at radius 2 is 1.44 bits per heavy atom. The van der Waals surface area contributed by atoms with E-state index in [0.29, 0.717) is 5.75 Å². The molecule has 110 valence electrons. The molecule has 0 saturated heterocycles. The van der Waals surface area contributed by atoms with Gasteiger partial charge in [-0.1, -0.05) is 10.8 Å². The maximum absolute atomic E-state index is 11.3. The van der Waals surface area contributed by atoms with Crippen molar-refractivity contribution in [3.8, 4) is 0 Å². The smallest absolute Gasteiger partial charge is 0.264 e. The molecule has 0 amide bonds. The van der Waals surface area contributed by atoms with Gasteiger partial charge in [-0.2, -0.15) is 16.8 Å². The van der Waals surface area contributed by atoms with E-state index in [0.717, 1.165) is 9.83 Å². The highest BCUT2D eigenvalue weighted by atomic mass is 33.5. The monoisotopic (exact) mass is 358 g/mol. The minimum Gasteiger partial charge on any atom is -0.286 e. The molecule has 0 aromatic carbocycles. The van der Waals surface area contributed by atoms with Crippen molar-refractivity contribution in [2.45, 2.75) is 12.8 Å². The summed E-state index contributed by atoms with van der Waals surface area (Å²) >= 11 is 0. The van der Waals surface area contributed by atoms with Crippen molar-refractivity contribution in [1.82, 2.24) is 0 Å². The van der Waals surface area contributed by atoms with Crippen molar-refractivity contribution in [3.63, 3.8) is 0 Å². The topological polar surface area (TPSA) is 126 Å². The third-order valence-corrected chi connectivity index (χ3v) is 8.38. The SMILES string of the molecule is O=S(CCCS(=O)(=O)O)SSCCCS(=O)(=O)O. The van der Waals surface area contributed by atoms with E-state index in [1.165, 1.54) is 10.8 Å². The maximum atomic E-state index is 11.3. The Morgan fingerprint density at radius 3 is 1.94 bits per heavy atom. The summed E-state index contributed by atoms with van der Waals surface area (Å²) < 4.78 is 69.6. The molecule has 18 heavy (non-hydrogen) atoms. The lowest BCUT2D eigenvalue weighted by Gasteiger charge is -2.00. The first kappa shape index (κ1) is 18.7. The molecule has 0 fully saturated rings. The van der Waals surface area contributed by atoms with E-state index in [-0.39, 0.29) is 24.3 Å². The van der Waals surface area contributed by atoms with Crippen LogP contribution in [0.1, 0.15) is 12.8 Å². The first-order valence-corrected chi connectivity index (χ1v) is 12.1. The number of hydrogen-bond acceptors (Lipinski definition) is 7. The molecule has 1 unspecified atom stereocenters. The summed E-state index contributed by atoms with van der Waals surface area (Å²) in [4.78, 5) is 0. The summed E-state index contributed by atoms with van der Waals surface area (Å²) in [7, 11) is -7.04. The van der Waals surface area contributed by atoms with Gasteiger partial charge in [0.1, 0.15) is 0 Å². The predicted molar refractivity (Wildman–Crippen MR) is 75.1 cm³/mol. The zero-order valence-electron chi connectivity index (χ0n) is 9.22. The Bertz CT molecular complexity index is 453. The quantitative estimate of drug-likeness (QED) is 0.328. The van der Waals surface area contributed by atoms with Crippen molar-refractivity contribution < 1.29 is 30.1 Å². The Kier molecular flexibility index (Phi) is 9.09. The van der Waals surface area contributed by atoms with Gasteiger partial charge in [-0.25, -0.2) is 4.21 Å². The molecule has 0 aliphatic rings. The minimum absolute atomic E-state index is 0.101. The molecular weight excluding hydrogens is 344 g/mol. The average Bonchev–Trinajstić information content (AvgIpc) is 2.13. The highest BCUT2D eigenvalue weighted by Gasteiger charge is 2.08. The molecule has 0 rings (SSSR count). The van der Waals surface area contributed by atoms with Crippen LogP contribution >= 0.6 is 20.6 Å². The molecule has 0 aromatic rings. The van der Waals surface area contributed by atoms with Gasteiger partial charge in [-0.15, -0.1) is 0 Å². The molecule has 0 aromatic heterocycles. The number of rotatable bonds is 10. The average molecular weight is 359 g/mol. The molecule has 0 heterocycles. The Labute approximate surface area is 116 Å². The molecule has 1 atom stereocenters. The van der Waals surface area contributed by atoms with Crippen LogP contribution in [0.4, 0.5) is 0 Å². The first-order chi connectivity index (χ1) is 8.10. The van der Waals surface area contributed by atoms with Crippen LogP contribution < -0.4 is 0 Å². The standard InChI is InChI=1S/C6H14O7S5/c7-16(4-2-6-18(11,12)13)15-14-3-1-5-17(8,9)10/h1-6H2,(H,8,9,10)(H,11,12,13). The first-order valence-electron chi connectivity index (χ1n) is 4.69. The molecule has 12 heteroatoms. The molecule has 2 N–H and O–H groups in total. The van der Waals surface area contributed by atoms with Crippen LogP contribution in [0, 0.1) is 0 Å². The highest BCUT2D eigenvalue weighted by Crippen LogP contribution is 2.26. The van der Waals surface area contributed by atoms with E-state index in [4.69, 9.17) is 9.11 Å². The predicted octanol–water partition coefficient (Wildman–Crippen LogP) is 0.587. The van der Waals surface area contributed by atoms with Gasteiger partial charge in [0.25, 0.3) is 20.2 Å². The summed E-state index contributed by atoms with van der Waals surface area (Å²) in [5.74, 6) is -0.215. The third-order valence-electron chi connectivity index (χ3n) is 1.47. The van der Waals surface area contributed by atoms with Crippen molar-refractivity contribution >= 4 is 50.7 Å².